The van der Waals surface area contributed by atoms with Gasteiger partial charge >= 0.3 is 0 Å². The summed E-state index contributed by atoms with van der Waals surface area (Å²) >= 11 is 7.32. The predicted molar refractivity (Wildman–Crippen MR) is 152 cm³/mol. The molecule has 1 heterocycles. The molecular formula is C30H22ClN3O3S. The summed E-state index contributed by atoms with van der Waals surface area (Å²) < 4.78 is 0. The van der Waals surface area contributed by atoms with Gasteiger partial charge in [0.25, 0.3) is 17.7 Å². The van der Waals surface area contributed by atoms with E-state index >= 15 is 0 Å². The molecule has 1 aliphatic heterocycles. The molecule has 38 heavy (non-hydrogen) atoms. The van der Waals surface area contributed by atoms with Crippen molar-refractivity contribution in [1.82, 2.24) is 0 Å². The van der Waals surface area contributed by atoms with Crippen molar-refractivity contribution in [2.75, 3.05) is 15.5 Å². The van der Waals surface area contributed by atoms with Gasteiger partial charge < -0.3 is 10.6 Å². The van der Waals surface area contributed by atoms with E-state index in [4.69, 9.17) is 11.6 Å². The highest BCUT2D eigenvalue weighted by atomic mass is 35.5. The van der Waals surface area contributed by atoms with Crippen LogP contribution in [0.25, 0.3) is 0 Å². The van der Waals surface area contributed by atoms with Crippen molar-refractivity contribution in [2.45, 2.75) is 11.8 Å². The molecule has 0 radical (unpaired) electrons. The Morgan fingerprint density at radius 2 is 1.42 bits per heavy atom. The Bertz CT molecular complexity index is 1550. The van der Waals surface area contributed by atoms with Gasteiger partial charge in [-0.2, -0.15) is 0 Å². The van der Waals surface area contributed by atoms with Crippen molar-refractivity contribution in [2.24, 2.45) is 0 Å². The minimum Gasteiger partial charge on any atom is -0.350 e. The molecule has 5 rings (SSSR count). The average molecular weight is 540 g/mol. The molecule has 188 valence electrons. The summed E-state index contributed by atoms with van der Waals surface area (Å²) in [6, 6.07) is 30.3. The Kier molecular flexibility index (Phi) is 7.31. The molecule has 0 fully saturated rings. The Labute approximate surface area is 229 Å². The second-order valence-corrected chi connectivity index (χ2v) is 10.0. The lowest BCUT2D eigenvalue weighted by Crippen LogP contribution is -2.32. The number of aryl methyl sites for hydroxylation is 1. The molecule has 6 nitrogen and oxygen atoms in total. The van der Waals surface area contributed by atoms with Gasteiger partial charge in [-0.05, 0) is 67.6 Å². The second-order valence-electron chi connectivity index (χ2n) is 8.54. The Morgan fingerprint density at radius 3 is 2.11 bits per heavy atom. The van der Waals surface area contributed by atoms with Crippen LogP contribution in [0.1, 0.15) is 15.9 Å². The van der Waals surface area contributed by atoms with Crippen molar-refractivity contribution < 1.29 is 14.4 Å². The fourth-order valence-electron chi connectivity index (χ4n) is 3.88. The molecule has 0 saturated carbocycles. The lowest BCUT2D eigenvalue weighted by molar-refractivity contribution is -0.120. The number of hydrogen-bond acceptors (Lipinski definition) is 5. The van der Waals surface area contributed by atoms with Gasteiger partial charge in [-0.1, -0.05) is 71.4 Å². The summed E-state index contributed by atoms with van der Waals surface area (Å²) in [7, 11) is 0. The van der Waals surface area contributed by atoms with Crippen molar-refractivity contribution in [3.63, 3.8) is 0 Å². The largest absolute Gasteiger partial charge is 0.350 e. The zero-order valence-corrected chi connectivity index (χ0v) is 21.8. The van der Waals surface area contributed by atoms with Crippen molar-refractivity contribution in [3.8, 4) is 0 Å². The molecular weight excluding hydrogens is 518 g/mol. The molecule has 0 saturated heterocycles. The molecule has 3 amide bonds. The first kappa shape index (κ1) is 25.3. The fraction of sp³-hybridized carbons (Fsp3) is 0.0333. The number of carbonyl (C=O) groups excluding carboxylic acids is 3. The number of benzene rings is 4. The van der Waals surface area contributed by atoms with Crippen LogP contribution in [0.4, 0.5) is 17.1 Å². The number of para-hydroxylation sites is 1. The number of imide groups is 1. The lowest BCUT2D eigenvalue weighted by atomic mass is 10.2. The molecule has 0 aliphatic carbocycles. The maximum atomic E-state index is 13.5. The monoisotopic (exact) mass is 539 g/mol. The molecule has 1 aliphatic rings. The number of nitrogens with zero attached hydrogens (tertiary/aromatic N) is 1. The van der Waals surface area contributed by atoms with Crippen LogP contribution in [0.2, 0.25) is 5.02 Å². The SMILES string of the molecule is Cc1ccc(N2C(=O)C(Nc3ccccc3)=C(Sc3ccc(NC(=O)c4ccccc4Cl)cc3)C2=O)cc1. The number of halogens is 1. The van der Waals surface area contributed by atoms with Gasteiger partial charge in [0.1, 0.15) is 10.6 Å². The van der Waals surface area contributed by atoms with E-state index in [1.807, 2.05) is 49.4 Å². The van der Waals surface area contributed by atoms with Crippen molar-refractivity contribution >= 4 is 58.1 Å². The predicted octanol–water partition coefficient (Wildman–Crippen LogP) is 6.89. The maximum absolute atomic E-state index is 13.5. The van der Waals surface area contributed by atoms with E-state index in [-0.39, 0.29) is 16.5 Å². The highest BCUT2D eigenvalue weighted by molar-refractivity contribution is 8.04. The van der Waals surface area contributed by atoms with Crippen LogP contribution in [-0.2, 0) is 9.59 Å². The summed E-state index contributed by atoms with van der Waals surface area (Å²) in [4.78, 5) is 41.8. The minimum atomic E-state index is -0.422. The average Bonchev–Trinajstić information content (AvgIpc) is 3.15. The Hall–Kier alpha value is -4.33. The molecule has 2 N–H and O–H groups in total. The van der Waals surface area contributed by atoms with Crippen LogP contribution in [0.15, 0.2) is 119 Å². The number of nitrogens with one attached hydrogen (secondary N) is 2. The first-order valence-corrected chi connectivity index (χ1v) is 13.0. The highest BCUT2D eigenvalue weighted by Crippen LogP contribution is 2.38. The molecule has 4 aromatic rings. The quantitative estimate of drug-likeness (QED) is 0.250. The number of anilines is 3. The van der Waals surface area contributed by atoms with Crippen molar-refractivity contribution in [3.05, 3.63) is 130 Å². The van der Waals surface area contributed by atoms with Crippen LogP contribution in [0, 0.1) is 6.92 Å². The van der Waals surface area contributed by atoms with Gasteiger partial charge in [-0.3, -0.25) is 14.4 Å². The van der Waals surface area contributed by atoms with E-state index in [9.17, 15) is 14.4 Å². The van der Waals surface area contributed by atoms with E-state index in [0.29, 0.717) is 27.6 Å². The third-order valence-electron chi connectivity index (χ3n) is 5.83. The van der Waals surface area contributed by atoms with Gasteiger partial charge in [-0.15, -0.1) is 0 Å². The summed E-state index contributed by atoms with van der Waals surface area (Å²) in [5.41, 5.74) is 3.39. The van der Waals surface area contributed by atoms with E-state index in [0.717, 1.165) is 10.5 Å². The molecule has 0 bridgehead atoms. The smallest absolute Gasteiger partial charge is 0.283 e. The molecule has 4 aromatic carbocycles. The first-order valence-electron chi connectivity index (χ1n) is 11.8. The van der Waals surface area contributed by atoms with E-state index in [1.165, 1.54) is 16.7 Å². The van der Waals surface area contributed by atoms with Crippen LogP contribution < -0.4 is 15.5 Å². The molecule has 8 heteroatoms. The third kappa shape index (κ3) is 5.34. The standard InChI is InChI=1S/C30H22ClN3O3S/c1-19-11-15-22(16-12-19)34-29(36)26(32-20-7-3-2-4-8-20)27(30(34)37)38-23-17-13-21(14-18-23)33-28(35)24-9-5-6-10-25(24)31/h2-18,32H,1H3,(H,33,35). The van der Waals surface area contributed by atoms with Crippen LogP contribution >= 0.6 is 23.4 Å². The summed E-state index contributed by atoms with van der Waals surface area (Å²) in [5, 5.41) is 6.33. The number of thioether (sulfide) groups is 1. The van der Waals surface area contributed by atoms with E-state index in [1.54, 1.807) is 60.7 Å². The lowest BCUT2D eigenvalue weighted by Gasteiger charge is -2.15. The first-order chi connectivity index (χ1) is 18.4. The van der Waals surface area contributed by atoms with Crippen LogP contribution in [0.3, 0.4) is 0 Å². The van der Waals surface area contributed by atoms with Gasteiger partial charge in [0.15, 0.2) is 0 Å². The normalized spacial score (nSPS) is 13.2. The third-order valence-corrected chi connectivity index (χ3v) is 7.25. The van der Waals surface area contributed by atoms with Crippen LogP contribution in [0.5, 0.6) is 0 Å². The number of amides is 3. The Balaban J connectivity index is 1.40. The molecule has 0 aromatic heterocycles. The number of hydrogen-bond donors (Lipinski definition) is 2. The second kappa shape index (κ2) is 11.0. The Morgan fingerprint density at radius 1 is 0.763 bits per heavy atom. The van der Waals surface area contributed by atoms with Crippen molar-refractivity contribution in [1.29, 1.82) is 0 Å². The van der Waals surface area contributed by atoms with Gasteiger partial charge in [-0.25, -0.2) is 4.90 Å². The van der Waals surface area contributed by atoms with Gasteiger partial charge in [0.2, 0.25) is 0 Å². The molecule has 0 unspecified atom stereocenters. The summed E-state index contributed by atoms with van der Waals surface area (Å²) in [5.74, 6) is -1.15. The minimum absolute atomic E-state index is 0.211. The molecule has 0 atom stereocenters. The van der Waals surface area contributed by atoms with Crippen LogP contribution in [-0.4, -0.2) is 17.7 Å². The van der Waals surface area contributed by atoms with E-state index < -0.39 is 11.8 Å². The zero-order valence-electron chi connectivity index (χ0n) is 20.3. The molecule has 0 spiro atoms. The summed E-state index contributed by atoms with van der Waals surface area (Å²) in [6.45, 7) is 1.94. The topological polar surface area (TPSA) is 78.5 Å². The highest BCUT2D eigenvalue weighted by Gasteiger charge is 2.40. The fourth-order valence-corrected chi connectivity index (χ4v) is 5.03. The number of carbonyl (C=O) groups is 3. The summed E-state index contributed by atoms with van der Waals surface area (Å²) in [6.07, 6.45) is 0. The maximum Gasteiger partial charge on any atom is 0.283 e. The van der Waals surface area contributed by atoms with E-state index in [2.05, 4.69) is 10.6 Å². The van der Waals surface area contributed by atoms with Gasteiger partial charge in [0.05, 0.1) is 16.3 Å². The zero-order chi connectivity index (χ0) is 26.6. The van der Waals surface area contributed by atoms with Gasteiger partial charge in [0, 0.05) is 16.3 Å². The number of rotatable bonds is 7.